The number of halogens is 1. The summed E-state index contributed by atoms with van der Waals surface area (Å²) < 4.78 is 0.712. The molecule has 0 saturated carbocycles. The number of nitrogen functional groups attached to an aromatic ring is 1. The number of likely N-dealkylation sites (tertiary alicyclic amines) is 1. The predicted molar refractivity (Wildman–Crippen MR) is 72.1 cm³/mol. The van der Waals surface area contributed by atoms with E-state index >= 15 is 0 Å². The molecular formula is C12H16BrN3O2. The Kier molecular flexibility index (Phi) is 3.59. The summed E-state index contributed by atoms with van der Waals surface area (Å²) >= 11 is 3.27. The zero-order valence-electron chi connectivity index (χ0n) is 10.2. The maximum atomic E-state index is 12.3. The lowest BCUT2D eigenvalue weighted by Gasteiger charge is -2.36. The zero-order chi connectivity index (χ0) is 13.3. The summed E-state index contributed by atoms with van der Waals surface area (Å²) in [4.78, 5) is 17.9. The summed E-state index contributed by atoms with van der Waals surface area (Å²) in [7, 11) is 0. The first-order chi connectivity index (χ1) is 8.39. The van der Waals surface area contributed by atoms with E-state index in [0.29, 0.717) is 29.5 Å². The largest absolute Gasteiger partial charge is 0.388 e. The van der Waals surface area contributed by atoms with Crippen molar-refractivity contribution in [3.63, 3.8) is 0 Å². The van der Waals surface area contributed by atoms with Crippen LogP contribution in [0.25, 0.3) is 0 Å². The van der Waals surface area contributed by atoms with Crippen LogP contribution < -0.4 is 5.73 Å². The van der Waals surface area contributed by atoms with Crippen molar-refractivity contribution in [3.8, 4) is 0 Å². The molecule has 3 N–H and O–H groups in total. The minimum Gasteiger partial charge on any atom is -0.388 e. The number of nitrogens with two attached hydrogens (primary N) is 1. The summed E-state index contributed by atoms with van der Waals surface area (Å²) in [6.45, 7) is 2.72. The van der Waals surface area contributed by atoms with E-state index < -0.39 is 5.60 Å². The highest BCUT2D eigenvalue weighted by atomic mass is 79.9. The molecule has 18 heavy (non-hydrogen) atoms. The van der Waals surface area contributed by atoms with Gasteiger partial charge < -0.3 is 15.7 Å². The van der Waals surface area contributed by atoms with Crippen LogP contribution in [0.3, 0.4) is 0 Å². The molecule has 1 saturated heterocycles. The minimum absolute atomic E-state index is 0.179. The highest BCUT2D eigenvalue weighted by molar-refractivity contribution is 9.10. The van der Waals surface area contributed by atoms with E-state index in [1.165, 1.54) is 0 Å². The van der Waals surface area contributed by atoms with Crippen molar-refractivity contribution >= 4 is 27.7 Å². The van der Waals surface area contributed by atoms with Crippen LogP contribution in [0, 0.1) is 0 Å². The fraction of sp³-hybridized carbons (Fsp3) is 0.500. The van der Waals surface area contributed by atoms with Crippen molar-refractivity contribution in [2.45, 2.75) is 25.4 Å². The van der Waals surface area contributed by atoms with Crippen LogP contribution in [-0.2, 0) is 0 Å². The average molecular weight is 314 g/mol. The Morgan fingerprint density at radius 1 is 1.67 bits per heavy atom. The Morgan fingerprint density at radius 3 is 3.06 bits per heavy atom. The second-order valence-electron chi connectivity index (χ2n) is 4.91. The lowest BCUT2D eigenvalue weighted by atomic mass is 9.95. The first-order valence-corrected chi connectivity index (χ1v) is 6.61. The van der Waals surface area contributed by atoms with Gasteiger partial charge in [0.25, 0.3) is 5.91 Å². The number of carbonyl (C=O) groups excluding carboxylic acids is 1. The molecule has 1 aromatic rings. The number of aromatic nitrogens is 1. The first-order valence-electron chi connectivity index (χ1n) is 5.82. The normalized spacial score (nSPS) is 24.1. The second-order valence-corrected chi connectivity index (χ2v) is 5.83. The van der Waals surface area contributed by atoms with E-state index in [2.05, 4.69) is 20.9 Å². The van der Waals surface area contributed by atoms with Crippen LogP contribution in [0.4, 0.5) is 5.82 Å². The molecule has 1 aliphatic rings. The summed E-state index contributed by atoms with van der Waals surface area (Å²) in [5.74, 6) is 0.0368. The number of β-amino-alcohol motifs (C(OH)–C–C–N with tert-alkyl or cyclic N) is 1. The standard InChI is InChI=1S/C12H16BrN3O2/c1-12(18)3-2-4-16(7-12)11(17)9-5-8(13)6-15-10(9)14/h5-6,18H,2-4,7H2,1H3,(H2,14,15). The van der Waals surface area contributed by atoms with Gasteiger partial charge in [-0.2, -0.15) is 0 Å². The Morgan fingerprint density at radius 2 is 2.39 bits per heavy atom. The summed E-state index contributed by atoms with van der Waals surface area (Å²) in [6, 6.07) is 1.66. The van der Waals surface area contributed by atoms with Gasteiger partial charge in [0, 0.05) is 23.8 Å². The van der Waals surface area contributed by atoms with Gasteiger partial charge >= 0.3 is 0 Å². The number of anilines is 1. The smallest absolute Gasteiger partial charge is 0.257 e. The fourth-order valence-electron chi connectivity index (χ4n) is 2.18. The molecule has 1 amide bonds. The molecule has 1 aromatic heterocycles. The molecule has 2 rings (SSSR count). The van der Waals surface area contributed by atoms with Gasteiger partial charge in [-0.25, -0.2) is 4.98 Å². The third-order valence-electron chi connectivity index (χ3n) is 3.08. The molecule has 0 aliphatic carbocycles. The number of aliphatic hydroxyl groups is 1. The van der Waals surface area contributed by atoms with E-state index in [0.717, 1.165) is 6.42 Å². The third-order valence-corrected chi connectivity index (χ3v) is 3.51. The van der Waals surface area contributed by atoms with Gasteiger partial charge in [-0.05, 0) is 41.8 Å². The summed E-state index contributed by atoms with van der Waals surface area (Å²) in [6.07, 6.45) is 3.06. The van der Waals surface area contributed by atoms with E-state index in [1.807, 2.05) is 0 Å². The van der Waals surface area contributed by atoms with Crippen LogP contribution in [0.1, 0.15) is 30.1 Å². The van der Waals surface area contributed by atoms with Crippen LogP contribution in [-0.4, -0.2) is 39.6 Å². The van der Waals surface area contributed by atoms with Crippen molar-refractivity contribution in [2.24, 2.45) is 0 Å². The van der Waals surface area contributed by atoms with Crippen LogP contribution in [0.2, 0.25) is 0 Å². The van der Waals surface area contributed by atoms with Crippen molar-refractivity contribution < 1.29 is 9.90 Å². The summed E-state index contributed by atoms with van der Waals surface area (Å²) in [5, 5.41) is 10.0. The van der Waals surface area contributed by atoms with Gasteiger partial charge in [-0.1, -0.05) is 0 Å². The highest BCUT2D eigenvalue weighted by Gasteiger charge is 2.32. The third kappa shape index (κ3) is 2.81. The van der Waals surface area contributed by atoms with E-state index in [-0.39, 0.29) is 11.7 Å². The van der Waals surface area contributed by atoms with Crippen LogP contribution in [0.15, 0.2) is 16.7 Å². The molecule has 0 spiro atoms. The Hall–Kier alpha value is -1.14. The maximum absolute atomic E-state index is 12.3. The molecule has 0 bridgehead atoms. The Balaban J connectivity index is 2.23. The monoisotopic (exact) mass is 313 g/mol. The Bertz CT molecular complexity index is 476. The topological polar surface area (TPSA) is 79.5 Å². The predicted octanol–water partition coefficient (Wildman–Crippen LogP) is 1.41. The highest BCUT2D eigenvalue weighted by Crippen LogP contribution is 2.24. The Labute approximate surface area is 114 Å². The molecule has 1 aliphatic heterocycles. The minimum atomic E-state index is -0.817. The maximum Gasteiger partial charge on any atom is 0.257 e. The van der Waals surface area contributed by atoms with Crippen LogP contribution >= 0.6 is 15.9 Å². The lowest BCUT2D eigenvalue weighted by Crippen LogP contribution is -2.48. The van der Waals surface area contributed by atoms with Gasteiger partial charge in [-0.15, -0.1) is 0 Å². The fourth-order valence-corrected chi connectivity index (χ4v) is 2.52. The molecule has 1 fully saturated rings. The van der Waals surface area contributed by atoms with Crippen molar-refractivity contribution in [1.29, 1.82) is 0 Å². The summed E-state index contributed by atoms with van der Waals surface area (Å²) in [5.41, 5.74) is 5.28. The van der Waals surface area contributed by atoms with Crippen molar-refractivity contribution in [3.05, 3.63) is 22.3 Å². The first kappa shape index (κ1) is 13.3. The number of pyridine rings is 1. The molecule has 5 nitrogen and oxygen atoms in total. The molecule has 1 atom stereocenters. The molecule has 1 unspecified atom stereocenters. The number of hydrogen-bond acceptors (Lipinski definition) is 4. The molecule has 6 heteroatoms. The number of amides is 1. The number of nitrogens with zero attached hydrogens (tertiary/aromatic N) is 2. The number of piperidine rings is 1. The van der Waals surface area contributed by atoms with Gasteiger partial charge in [0.15, 0.2) is 0 Å². The van der Waals surface area contributed by atoms with Gasteiger partial charge in [0.05, 0.1) is 11.2 Å². The van der Waals surface area contributed by atoms with Gasteiger partial charge in [-0.3, -0.25) is 4.79 Å². The van der Waals surface area contributed by atoms with E-state index in [4.69, 9.17) is 5.73 Å². The molecule has 2 heterocycles. The number of hydrogen-bond donors (Lipinski definition) is 2. The SMILES string of the molecule is CC1(O)CCCN(C(=O)c2cc(Br)cnc2N)C1. The number of carbonyl (C=O) groups is 1. The molecule has 0 aromatic carbocycles. The van der Waals surface area contributed by atoms with Crippen LogP contribution in [0.5, 0.6) is 0 Å². The van der Waals surface area contributed by atoms with Gasteiger partial charge in [0.2, 0.25) is 0 Å². The van der Waals surface area contributed by atoms with E-state index in [9.17, 15) is 9.90 Å². The average Bonchev–Trinajstić information content (AvgIpc) is 2.30. The van der Waals surface area contributed by atoms with Crippen molar-refractivity contribution in [2.75, 3.05) is 18.8 Å². The molecule has 0 radical (unpaired) electrons. The molecular weight excluding hydrogens is 298 g/mol. The van der Waals surface area contributed by atoms with Crippen molar-refractivity contribution in [1.82, 2.24) is 9.88 Å². The quantitative estimate of drug-likeness (QED) is 0.821. The van der Waals surface area contributed by atoms with E-state index in [1.54, 1.807) is 24.1 Å². The lowest BCUT2D eigenvalue weighted by molar-refractivity contribution is -0.0107. The number of rotatable bonds is 1. The second kappa shape index (κ2) is 4.85. The molecule has 98 valence electrons. The zero-order valence-corrected chi connectivity index (χ0v) is 11.8. The van der Waals surface area contributed by atoms with Gasteiger partial charge in [0.1, 0.15) is 5.82 Å².